The second-order valence-corrected chi connectivity index (χ2v) is 8.69. The highest BCUT2D eigenvalue weighted by Crippen LogP contribution is 2.20. The van der Waals surface area contributed by atoms with Crippen LogP contribution in [0.3, 0.4) is 0 Å². The predicted molar refractivity (Wildman–Crippen MR) is 127 cm³/mol. The number of aromatic nitrogens is 2. The van der Waals surface area contributed by atoms with Crippen molar-refractivity contribution in [2.24, 2.45) is 0 Å². The van der Waals surface area contributed by atoms with Crippen molar-refractivity contribution in [2.45, 2.75) is 26.8 Å². The van der Waals surface area contributed by atoms with Crippen LogP contribution in [-0.2, 0) is 11.3 Å². The Hall–Kier alpha value is -2.94. The third-order valence-electron chi connectivity index (χ3n) is 5.97. The Morgan fingerprint density at radius 1 is 1.09 bits per heavy atom. The molecule has 1 saturated heterocycles. The van der Waals surface area contributed by atoms with E-state index < -0.39 is 0 Å². The molecule has 0 aliphatic carbocycles. The van der Waals surface area contributed by atoms with Gasteiger partial charge in [-0.2, -0.15) is 0 Å². The molecule has 1 amide bonds. The number of piperazine rings is 1. The molecule has 1 aromatic carbocycles. The van der Waals surface area contributed by atoms with Gasteiger partial charge in [-0.25, -0.2) is 9.37 Å². The first-order chi connectivity index (χ1) is 15.5. The third-order valence-corrected chi connectivity index (χ3v) is 6.86. The van der Waals surface area contributed by atoms with Gasteiger partial charge >= 0.3 is 0 Å². The molecule has 4 rings (SSSR count). The zero-order valence-corrected chi connectivity index (χ0v) is 19.3. The van der Waals surface area contributed by atoms with E-state index in [2.05, 4.69) is 4.90 Å². The molecule has 3 heterocycles. The first-order valence-corrected chi connectivity index (χ1v) is 11.9. The Bertz CT molecular complexity index is 1130. The Labute approximate surface area is 190 Å². The van der Waals surface area contributed by atoms with Crippen LogP contribution in [0.4, 0.5) is 16.0 Å². The van der Waals surface area contributed by atoms with Crippen LogP contribution in [0.5, 0.6) is 0 Å². The number of hydrogen-bond donors (Lipinski definition) is 0. The molecule has 9 heteroatoms. The minimum absolute atomic E-state index is 0.0347. The van der Waals surface area contributed by atoms with Crippen LogP contribution in [0.1, 0.15) is 20.3 Å². The highest BCUT2D eigenvalue weighted by Gasteiger charge is 2.23. The second-order valence-electron chi connectivity index (χ2n) is 7.77. The van der Waals surface area contributed by atoms with Crippen molar-refractivity contribution >= 4 is 39.1 Å². The van der Waals surface area contributed by atoms with Crippen molar-refractivity contribution in [2.75, 3.05) is 49.1 Å². The molecule has 0 bridgehead atoms. The van der Waals surface area contributed by atoms with Crippen LogP contribution in [0.15, 0.2) is 40.5 Å². The maximum absolute atomic E-state index is 13.2. The van der Waals surface area contributed by atoms with E-state index >= 15 is 0 Å². The van der Waals surface area contributed by atoms with E-state index in [0.717, 1.165) is 18.8 Å². The van der Waals surface area contributed by atoms with Gasteiger partial charge in [0.25, 0.3) is 5.56 Å². The number of anilines is 2. The fourth-order valence-electron chi connectivity index (χ4n) is 4.11. The van der Waals surface area contributed by atoms with Crippen molar-refractivity contribution in [1.29, 1.82) is 0 Å². The molecule has 0 atom stereocenters. The summed E-state index contributed by atoms with van der Waals surface area (Å²) in [4.78, 5) is 36.8. The number of fused-ring (bicyclic) bond motifs is 1. The van der Waals surface area contributed by atoms with Crippen LogP contribution in [0.25, 0.3) is 10.2 Å². The molecule has 0 spiro atoms. The molecule has 3 aromatic rings. The third kappa shape index (κ3) is 4.48. The average molecular weight is 458 g/mol. The van der Waals surface area contributed by atoms with E-state index in [1.165, 1.54) is 23.5 Å². The van der Waals surface area contributed by atoms with Crippen LogP contribution in [0.2, 0.25) is 0 Å². The summed E-state index contributed by atoms with van der Waals surface area (Å²) < 4.78 is 15.4. The summed E-state index contributed by atoms with van der Waals surface area (Å²) in [7, 11) is 0. The van der Waals surface area contributed by atoms with Gasteiger partial charge in [-0.15, -0.1) is 11.3 Å². The number of benzene rings is 1. The molecule has 7 nitrogen and oxygen atoms in total. The lowest BCUT2D eigenvalue weighted by Gasteiger charge is -2.36. The maximum atomic E-state index is 13.2. The number of carbonyl (C=O) groups excluding carboxylic acids is 1. The van der Waals surface area contributed by atoms with Gasteiger partial charge in [0.15, 0.2) is 0 Å². The topological polar surface area (TPSA) is 61.7 Å². The summed E-state index contributed by atoms with van der Waals surface area (Å²) in [6, 6.07) is 8.31. The highest BCUT2D eigenvalue weighted by molar-refractivity contribution is 7.17. The number of carbonyl (C=O) groups is 1. The van der Waals surface area contributed by atoms with Crippen LogP contribution in [0, 0.1) is 5.82 Å². The van der Waals surface area contributed by atoms with Gasteiger partial charge in [0.2, 0.25) is 11.9 Å². The minimum Gasteiger partial charge on any atom is -0.368 e. The Morgan fingerprint density at radius 3 is 2.44 bits per heavy atom. The van der Waals surface area contributed by atoms with Crippen LogP contribution >= 0.6 is 11.3 Å². The maximum Gasteiger partial charge on any atom is 0.272 e. The molecule has 0 N–H and O–H groups in total. The zero-order chi connectivity index (χ0) is 22.7. The lowest BCUT2D eigenvalue weighted by molar-refractivity contribution is -0.131. The Balaban J connectivity index is 1.44. The molecular weight excluding hydrogens is 429 g/mol. The SMILES string of the molecule is CCN(CC)c1nc2ccsc2c(=O)n1CCC(=O)N1CCN(c2ccc(F)cc2)CC1. The van der Waals surface area contributed by atoms with Crippen molar-refractivity contribution in [1.82, 2.24) is 14.5 Å². The number of hydrogen-bond acceptors (Lipinski definition) is 6. The molecular formula is C23H28FN5O2S. The number of rotatable bonds is 7. The summed E-state index contributed by atoms with van der Waals surface area (Å²) in [6.45, 7) is 8.45. The smallest absolute Gasteiger partial charge is 0.272 e. The number of halogens is 1. The van der Waals surface area contributed by atoms with Gasteiger partial charge < -0.3 is 14.7 Å². The van der Waals surface area contributed by atoms with Gasteiger partial charge in [-0.05, 0) is 49.6 Å². The highest BCUT2D eigenvalue weighted by atomic mass is 32.1. The van der Waals surface area contributed by atoms with Gasteiger partial charge in [-0.1, -0.05) is 0 Å². The van der Waals surface area contributed by atoms with Gasteiger partial charge in [-0.3, -0.25) is 14.2 Å². The van der Waals surface area contributed by atoms with E-state index in [-0.39, 0.29) is 23.7 Å². The zero-order valence-electron chi connectivity index (χ0n) is 18.5. The molecule has 2 aromatic heterocycles. The molecule has 0 unspecified atom stereocenters. The fourth-order valence-corrected chi connectivity index (χ4v) is 4.89. The van der Waals surface area contributed by atoms with E-state index in [0.29, 0.717) is 48.9 Å². The quantitative estimate of drug-likeness (QED) is 0.545. The van der Waals surface area contributed by atoms with Crippen molar-refractivity contribution in [3.8, 4) is 0 Å². The number of nitrogens with zero attached hydrogens (tertiary/aromatic N) is 5. The fraction of sp³-hybridized carbons (Fsp3) is 0.435. The van der Waals surface area contributed by atoms with Crippen LogP contribution < -0.4 is 15.4 Å². The monoisotopic (exact) mass is 457 g/mol. The summed E-state index contributed by atoms with van der Waals surface area (Å²) in [5, 5.41) is 1.88. The summed E-state index contributed by atoms with van der Waals surface area (Å²) in [5.41, 5.74) is 1.59. The standard InChI is InChI=1S/C23H28FN5O2S/c1-3-26(4-2)23-25-19-10-16-32-21(19)22(31)29(23)11-9-20(30)28-14-12-27(13-15-28)18-7-5-17(24)6-8-18/h5-8,10,16H,3-4,9,11-15H2,1-2H3. The molecule has 170 valence electrons. The number of thiophene rings is 1. The average Bonchev–Trinajstić information content (AvgIpc) is 3.29. The van der Waals surface area contributed by atoms with Crippen LogP contribution in [-0.4, -0.2) is 59.6 Å². The van der Waals surface area contributed by atoms with Crippen molar-refractivity contribution in [3.05, 3.63) is 51.9 Å². The van der Waals surface area contributed by atoms with Crippen molar-refractivity contribution < 1.29 is 9.18 Å². The predicted octanol–water partition coefficient (Wildman–Crippen LogP) is 3.18. The van der Waals surface area contributed by atoms with Gasteiger partial charge in [0.1, 0.15) is 10.5 Å². The summed E-state index contributed by atoms with van der Waals surface area (Å²) in [6.07, 6.45) is 0.253. The molecule has 1 fully saturated rings. The van der Waals surface area contributed by atoms with E-state index in [9.17, 15) is 14.0 Å². The van der Waals surface area contributed by atoms with E-state index in [4.69, 9.17) is 4.98 Å². The minimum atomic E-state index is -0.253. The van der Waals surface area contributed by atoms with Gasteiger partial charge in [0.05, 0.1) is 5.52 Å². The molecule has 0 saturated carbocycles. The molecule has 1 aliphatic rings. The molecule has 32 heavy (non-hydrogen) atoms. The lowest BCUT2D eigenvalue weighted by Crippen LogP contribution is -2.49. The van der Waals surface area contributed by atoms with E-state index in [1.807, 2.05) is 35.1 Å². The molecule has 1 aliphatic heterocycles. The second kappa shape index (κ2) is 9.68. The number of amides is 1. The first-order valence-electron chi connectivity index (χ1n) is 11.0. The van der Waals surface area contributed by atoms with Gasteiger partial charge in [0, 0.05) is 57.9 Å². The lowest BCUT2D eigenvalue weighted by atomic mass is 10.2. The normalized spacial score (nSPS) is 14.2. The first kappa shape index (κ1) is 22.3. The Morgan fingerprint density at radius 2 is 1.78 bits per heavy atom. The summed E-state index contributed by atoms with van der Waals surface area (Å²) >= 11 is 1.39. The largest absolute Gasteiger partial charge is 0.368 e. The Kier molecular flexibility index (Phi) is 6.74. The van der Waals surface area contributed by atoms with Crippen molar-refractivity contribution in [3.63, 3.8) is 0 Å². The van der Waals surface area contributed by atoms with E-state index in [1.54, 1.807) is 16.7 Å². The summed E-state index contributed by atoms with van der Waals surface area (Å²) in [5.74, 6) is 0.407. The molecule has 0 radical (unpaired) electrons.